The van der Waals surface area contributed by atoms with E-state index in [1.165, 1.54) is 57.9 Å². The van der Waals surface area contributed by atoms with Crippen molar-refractivity contribution in [3.05, 3.63) is 0 Å². The third-order valence-corrected chi connectivity index (χ3v) is 5.45. The fourth-order valence-electron chi connectivity index (χ4n) is 3.83. The molecule has 0 radical (unpaired) electrons. The highest BCUT2D eigenvalue weighted by Crippen LogP contribution is 2.40. The molecule has 3 saturated carbocycles. The second-order valence-electron chi connectivity index (χ2n) is 7.19. The van der Waals surface area contributed by atoms with Gasteiger partial charge in [0.25, 0.3) is 0 Å². The van der Waals surface area contributed by atoms with Crippen molar-refractivity contribution in [2.75, 3.05) is 13.1 Å². The molecule has 3 fully saturated rings. The summed E-state index contributed by atoms with van der Waals surface area (Å²) in [4.78, 5) is 2.83. The van der Waals surface area contributed by atoms with Gasteiger partial charge in [0, 0.05) is 25.2 Å². The third kappa shape index (κ3) is 3.08. The number of rotatable bonds is 6. The van der Waals surface area contributed by atoms with Gasteiger partial charge in [0.2, 0.25) is 0 Å². The Morgan fingerprint density at radius 1 is 1.00 bits per heavy atom. The highest BCUT2D eigenvalue weighted by Gasteiger charge is 2.40. The molecule has 2 heteroatoms. The summed E-state index contributed by atoms with van der Waals surface area (Å²) < 4.78 is 0. The first-order valence-electron chi connectivity index (χ1n) is 8.23. The van der Waals surface area contributed by atoms with E-state index in [9.17, 15) is 0 Å². The molecule has 2 nitrogen and oxygen atoms in total. The molecule has 3 rings (SSSR count). The Morgan fingerprint density at radius 3 is 2.17 bits per heavy atom. The largest absolute Gasteiger partial charge is 0.329 e. The van der Waals surface area contributed by atoms with Gasteiger partial charge in [0.15, 0.2) is 0 Å². The van der Waals surface area contributed by atoms with Crippen molar-refractivity contribution >= 4 is 0 Å². The van der Waals surface area contributed by atoms with Crippen LogP contribution in [0, 0.1) is 17.8 Å². The maximum atomic E-state index is 6.16. The lowest BCUT2D eigenvalue weighted by Gasteiger charge is -2.39. The molecule has 0 bridgehead atoms. The number of nitrogens with zero attached hydrogens (tertiary/aromatic N) is 1. The lowest BCUT2D eigenvalue weighted by Crippen LogP contribution is -2.48. The minimum absolute atomic E-state index is 0.700. The summed E-state index contributed by atoms with van der Waals surface area (Å²) in [6, 6.07) is 1.60. The quantitative estimate of drug-likeness (QED) is 0.785. The van der Waals surface area contributed by atoms with Gasteiger partial charge >= 0.3 is 0 Å². The summed E-state index contributed by atoms with van der Waals surface area (Å²) in [6.45, 7) is 4.66. The van der Waals surface area contributed by atoms with Crippen LogP contribution < -0.4 is 5.73 Å². The molecular formula is C16H30N2. The van der Waals surface area contributed by atoms with E-state index in [-0.39, 0.29) is 0 Å². The molecule has 1 unspecified atom stereocenters. The van der Waals surface area contributed by atoms with Crippen molar-refractivity contribution < 1.29 is 0 Å². The van der Waals surface area contributed by atoms with Crippen molar-refractivity contribution in [3.63, 3.8) is 0 Å². The van der Waals surface area contributed by atoms with Gasteiger partial charge < -0.3 is 5.73 Å². The Balaban J connectivity index is 1.60. The number of nitrogens with two attached hydrogens (primary N) is 1. The Hall–Kier alpha value is -0.0800. The van der Waals surface area contributed by atoms with Crippen LogP contribution in [-0.4, -0.2) is 30.1 Å². The van der Waals surface area contributed by atoms with Crippen LogP contribution >= 0.6 is 0 Å². The molecule has 0 amide bonds. The monoisotopic (exact) mass is 250 g/mol. The molecule has 104 valence electrons. The summed E-state index contributed by atoms with van der Waals surface area (Å²) in [5.74, 6) is 2.87. The average Bonchev–Trinajstić information content (AvgIpc) is 3.25. The van der Waals surface area contributed by atoms with Gasteiger partial charge in [-0.3, -0.25) is 4.90 Å². The molecule has 2 N–H and O–H groups in total. The average molecular weight is 250 g/mol. The molecule has 0 spiro atoms. The van der Waals surface area contributed by atoms with Gasteiger partial charge in [-0.25, -0.2) is 0 Å². The van der Waals surface area contributed by atoms with Crippen LogP contribution in [0.2, 0.25) is 0 Å². The van der Waals surface area contributed by atoms with Crippen LogP contribution in [0.15, 0.2) is 0 Å². The molecule has 0 aromatic carbocycles. The normalized spacial score (nSPS) is 34.8. The minimum atomic E-state index is 0.700. The van der Waals surface area contributed by atoms with Crippen LogP contribution in [0.4, 0.5) is 0 Å². The van der Waals surface area contributed by atoms with Crippen molar-refractivity contribution in [1.82, 2.24) is 4.90 Å². The fourth-order valence-corrected chi connectivity index (χ4v) is 3.83. The van der Waals surface area contributed by atoms with Crippen molar-refractivity contribution in [1.29, 1.82) is 0 Å². The second kappa shape index (κ2) is 5.50. The van der Waals surface area contributed by atoms with Crippen molar-refractivity contribution in [3.8, 4) is 0 Å². The first-order valence-corrected chi connectivity index (χ1v) is 8.23. The number of hydrogen-bond donors (Lipinski definition) is 1. The van der Waals surface area contributed by atoms with E-state index in [1.54, 1.807) is 0 Å². The Bertz CT molecular complexity index is 262. The highest BCUT2D eigenvalue weighted by molar-refractivity contribution is 4.95. The van der Waals surface area contributed by atoms with E-state index in [0.717, 1.165) is 30.3 Å². The van der Waals surface area contributed by atoms with Gasteiger partial charge in [-0.05, 0) is 56.3 Å². The molecule has 0 heterocycles. The summed E-state index contributed by atoms with van der Waals surface area (Å²) in [7, 11) is 0. The van der Waals surface area contributed by atoms with E-state index >= 15 is 0 Å². The SMILES string of the molecule is CC1CCC(C(CN)N(CC2CC2)C2CC2)CC1. The van der Waals surface area contributed by atoms with E-state index in [2.05, 4.69) is 11.8 Å². The third-order valence-electron chi connectivity index (χ3n) is 5.45. The molecule has 0 aliphatic heterocycles. The van der Waals surface area contributed by atoms with Crippen LogP contribution in [0.1, 0.15) is 58.3 Å². The van der Waals surface area contributed by atoms with Crippen LogP contribution in [0.25, 0.3) is 0 Å². The molecule has 3 aliphatic rings. The van der Waals surface area contributed by atoms with E-state index in [0.29, 0.717) is 6.04 Å². The standard InChI is InChI=1S/C16H30N2/c1-12-2-6-14(7-3-12)16(10-17)18(15-8-9-15)11-13-4-5-13/h12-16H,2-11,17H2,1H3. The van der Waals surface area contributed by atoms with Crippen molar-refractivity contribution in [2.45, 2.75) is 70.4 Å². The molecular weight excluding hydrogens is 220 g/mol. The lowest BCUT2D eigenvalue weighted by atomic mass is 9.78. The zero-order valence-electron chi connectivity index (χ0n) is 12.0. The van der Waals surface area contributed by atoms with Gasteiger partial charge in [-0.2, -0.15) is 0 Å². The minimum Gasteiger partial charge on any atom is -0.329 e. The van der Waals surface area contributed by atoms with Crippen LogP contribution in [0.3, 0.4) is 0 Å². The zero-order valence-corrected chi connectivity index (χ0v) is 12.0. The summed E-state index contributed by atoms with van der Waals surface area (Å²) >= 11 is 0. The van der Waals surface area contributed by atoms with Crippen molar-refractivity contribution in [2.24, 2.45) is 23.5 Å². The fraction of sp³-hybridized carbons (Fsp3) is 1.00. The molecule has 18 heavy (non-hydrogen) atoms. The van der Waals surface area contributed by atoms with Crippen LogP contribution in [-0.2, 0) is 0 Å². The van der Waals surface area contributed by atoms with Crippen LogP contribution in [0.5, 0.6) is 0 Å². The highest BCUT2D eigenvalue weighted by atomic mass is 15.2. The second-order valence-corrected chi connectivity index (χ2v) is 7.19. The first kappa shape index (κ1) is 12.9. The Labute approximate surface area is 112 Å². The van der Waals surface area contributed by atoms with Gasteiger partial charge in [0.1, 0.15) is 0 Å². The Morgan fingerprint density at radius 2 is 1.67 bits per heavy atom. The maximum Gasteiger partial charge on any atom is 0.0249 e. The predicted octanol–water partition coefficient (Wildman–Crippen LogP) is 3.01. The molecule has 0 aromatic rings. The van der Waals surface area contributed by atoms with Gasteiger partial charge in [-0.1, -0.05) is 19.8 Å². The zero-order chi connectivity index (χ0) is 12.5. The summed E-state index contributed by atoms with van der Waals surface area (Å²) in [6.07, 6.45) is 11.5. The molecule has 0 saturated heterocycles. The topological polar surface area (TPSA) is 29.3 Å². The Kier molecular flexibility index (Phi) is 3.95. The summed E-state index contributed by atoms with van der Waals surface area (Å²) in [5, 5.41) is 0. The van der Waals surface area contributed by atoms with E-state index in [4.69, 9.17) is 5.73 Å². The predicted molar refractivity (Wildman–Crippen MR) is 76.4 cm³/mol. The molecule has 0 aromatic heterocycles. The smallest absolute Gasteiger partial charge is 0.0249 e. The lowest BCUT2D eigenvalue weighted by molar-refractivity contribution is 0.0998. The molecule has 3 aliphatic carbocycles. The summed E-state index contributed by atoms with van der Waals surface area (Å²) in [5.41, 5.74) is 6.16. The maximum absolute atomic E-state index is 6.16. The number of hydrogen-bond acceptors (Lipinski definition) is 2. The molecule has 1 atom stereocenters. The first-order chi connectivity index (χ1) is 8.78. The van der Waals surface area contributed by atoms with Gasteiger partial charge in [-0.15, -0.1) is 0 Å². The van der Waals surface area contributed by atoms with E-state index in [1.807, 2.05) is 0 Å². The van der Waals surface area contributed by atoms with Gasteiger partial charge in [0.05, 0.1) is 0 Å². The van der Waals surface area contributed by atoms with E-state index < -0.39 is 0 Å².